The molecule has 0 bridgehead atoms. The first kappa shape index (κ1) is 12.1. The Hall–Kier alpha value is -0.970. The molecule has 0 aliphatic rings. The normalized spacial score (nSPS) is 12.3. The van der Waals surface area contributed by atoms with Crippen LogP contribution in [0.1, 0.15) is 12.5 Å². The van der Waals surface area contributed by atoms with E-state index < -0.39 is 11.6 Å². The van der Waals surface area contributed by atoms with E-state index in [1.54, 1.807) is 6.92 Å². The Balaban J connectivity index is 2.62. The standard InChI is InChI=1S/C10H10BrF2NO/c1-6(11)10(15)14-5-7-2-3-8(12)4-9(7)13/h2-4,6H,5H2,1H3,(H,14,15). The van der Waals surface area contributed by atoms with Crippen LogP contribution in [0.5, 0.6) is 0 Å². The Labute approximate surface area is 94.8 Å². The van der Waals surface area contributed by atoms with Crippen molar-refractivity contribution in [3.8, 4) is 0 Å². The summed E-state index contributed by atoms with van der Waals surface area (Å²) >= 11 is 3.08. The molecular formula is C10H10BrF2NO. The molecule has 1 rings (SSSR count). The SMILES string of the molecule is CC(Br)C(=O)NCc1ccc(F)cc1F. The average molecular weight is 278 g/mol. The van der Waals surface area contributed by atoms with Crippen molar-refractivity contribution in [3.05, 3.63) is 35.4 Å². The largest absolute Gasteiger partial charge is 0.351 e. The van der Waals surface area contributed by atoms with Crippen molar-refractivity contribution in [3.63, 3.8) is 0 Å². The van der Waals surface area contributed by atoms with E-state index in [4.69, 9.17) is 0 Å². The van der Waals surface area contributed by atoms with Gasteiger partial charge in [-0.05, 0) is 13.0 Å². The second kappa shape index (κ2) is 5.21. The van der Waals surface area contributed by atoms with Gasteiger partial charge in [-0.1, -0.05) is 22.0 Å². The molecule has 15 heavy (non-hydrogen) atoms. The number of nitrogens with one attached hydrogen (secondary N) is 1. The molecule has 2 nitrogen and oxygen atoms in total. The fourth-order valence-corrected chi connectivity index (χ4v) is 1.15. The van der Waals surface area contributed by atoms with Crippen molar-refractivity contribution >= 4 is 21.8 Å². The predicted octanol–water partition coefficient (Wildman–Crippen LogP) is 2.36. The van der Waals surface area contributed by atoms with Gasteiger partial charge in [-0.15, -0.1) is 0 Å². The van der Waals surface area contributed by atoms with Gasteiger partial charge in [0.05, 0.1) is 4.83 Å². The van der Waals surface area contributed by atoms with Gasteiger partial charge in [-0.3, -0.25) is 4.79 Å². The second-order valence-corrected chi connectivity index (χ2v) is 4.44. The molecule has 1 amide bonds. The van der Waals surface area contributed by atoms with Crippen LogP contribution in [0.2, 0.25) is 0 Å². The average Bonchev–Trinajstić information content (AvgIpc) is 2.15. The third-order valence-corrected chi connectivity index (χ3v) is 2.25. The highest BCUT2D eigenvalue weighted by molar-refractivity contribution is 9.10. The summed E-state index contributed by atoms with van der Waals surface area (Å²) in [6, 6.07) is 3.25. The number of amides is 1. The summed E-state index contributed by atoms with van der Waals surface area (Å²) in [5, 5.41) is 2.51. The molecule has 82 valence electrons. The van der Waals surface area contributed by atoms with Crippen molar-refractivity contribution in [1.29, 1.82) is 0 Å². The molecule has 1 aromatic rings. The van der Waals surface area contributed by atoms with Crippen LogP contribution in [-0.2, 0) is 11.3 Å². The van der Waals surface area contributed by atoms with Crippen molar-refractivity contribution < 1.29 is 13.6 Å². The maximum atomic E-state index is 13.1. The van der Waals surface area contributed by atoms with Gasteiger partial charge in [0.2, 0.25) is 5.91 Å². The minimum absolute atomic E-state index is 0.0564. The Kier molecular flexibility index (Phi) is 4.20. The Morgan fingerprint density at radius 3 is 2.73 bits per heavy atom. The van der Waals surface area contributed by atoms with Crippen molar-refractivity contribution in [1.82, 2.24) is 5.32 Å². The van der Waals surface area contributed by atoms with E-state index in [0.29, 0.717) is 0 Å². The number of carbonyl (C=O) groups excluding carboxylic acids is 1. The molecule has 0 aromatic heterocycles. The van der Waals surface area contributed by atoms with Crippen LogP contribution in [-0.4, -0.2) is 10.7 Å². The summed E-state index contributed by atoms with van der Waals surface area (Å²) in [5.74, 6) is -1.52. The van der Waals surface area contributed by atoms with E-state index in [1.165, 1.54) is 6.07 Å². The van der Waals surface area contributed by atoms with Crippen LogP contribution in [0.4, 0.5) is 8.78 Å². The number of hydrogen-bond donors (Lipinski definition) is 1. The lowest BCUT2D eigenvalue weighted by molar-refractivity contribution is -0.120. The molecule has 0 fully saturated rings. The third-order valence-electron chi connectivity index (χ3n) is 1.83. The number of carbonyl (C=O) groups is 1. The molecule has 1 aromatic carbocycles. The number of rotatable bonds is 3. The summed E-state index contributed by atoms with van der Waals surface area (Å²) in [5.41, 5.74) is 0.262. The zero-order valence-electron chi connectivity index (χ0n) is 8.06. The second-order valence-electron chi connectivity index (χ2n) is 3.07. The third kappa shape index (κ3) is 3.58. The molecule has 1 N–H and O–H groups in total. The lowest BCUT2D eigenvalue weighted by Gasteiger charge is -2.07. The first-order valence-corrected chi connectivity index (χ1v) is 5.28. The molecule has 0 aliphatic heterocycles. The number of hydrogen-bond acceptors (Lipinski definition) is 1. The molecule has 1 atom stereocenters. The Morgan fingerprint density at radius 2 is 2.20 bits per heavy atom. The van der Waals surface area contributed by atoms with E-state index in [1.807, 2.05) is 0 Å². The van der Waals surface area contributed by atoms with E-state index in [2.05, 4.69) is 21.2 Å². The Morgan fingerprint density at radius 1 is 1.53 bits per heavy atom. The summed E-state index contributed by atoms with van der Waals surface area (Å²) in [4.78, 5) is 10.8. The molecule has 0 saturated heterocycles. The fourth-order valence-electron chi connectivity index (χ4n) is 0.988. The molecule has 0 heterocycles. The molecular weight excluding hydrogens is 268 g/mol. The highest BCUT2D eigenvalue weighted by Crippen LogP contribution is 2.09. The van der Waals surface area contributed by atoms with E-state index in [9.17, 15) is 13.6 Å². The molecule has 0 radical (unpaired) electrons. The van der Waals surface area contributed by atoms with E-state index in [-0.39, 0.29) is 22.8 Å². The van der Waals surface area contributed by atoms with E-state index in [0.717, 1.165) is 12.1 Å². The summed E-state index contributed by atoms with van der Waals surface area (Å²) < 4.78 is 25.6. The maximum absolute atomic E-state index is 13.1. The van der Waals surface area contributed by atoms with Gasteiger partial charge in [-0.2, -0.15) is 0 Å². The molecule has 0 spiro atoms. The van der Waals surface area contributed by atoms with Gasteiger partial charge < -0.3 is 5.32 Å². The first-order chi connectivity index (χ1) is 7.00. The van der Waals surface area contributed by atoms with Gasteiger partial charge >= 0.3 is 0 Å². The maximum Gasteiger partial charge on any atom is 0.233 e. The van der Waals surface area contributed by atoms with Gasteiger partial charge in [0, 0.05) is 18.2 Å². The van der Waals surface area contributed by atoms with Crippen molar-refractivity contribution in [2.45, 2.75) is 18.3 Å². The van der Waals surface area contributed by atoms with Crippen LogP contribution in [0.25, 0.3) is 0 Å². The summed E-state index contributed by atoms with van der Waals surface area (Å²) in [6.45, 7) is 1.72. The molecule has 1 unspecified atom stereocenters. The van der Waals surface area contributed by atoms with Crippen LogP contribution < -0.4 is 5.32 Å². The van der Waals surface area contributed by atoms with Gasteiger partial charge in [0.15, 0.2) is 0 Å². The van der Waals surface area contributed by atoms with E-state index >= 15 is 0 Å². The van der Waals surface area contributed by atoms with Crippen LogP contribution in [0.15, 0.2) is 18.2 Å². The van der Waals surface area contributed by atoms with Gasteiger partial charge in [-0.25, -0.2) is 8.78 Å². The number of alkyl halides is 1. The van der Waals surface area contributed by atoms with Crippen LogP contribution in [0, 0.1) is 11.6 Å². The van der Waals surface area contributed by atoms with Gasteiger partial charge in [0.1, 0.15) is 11.6 Å². The molecule has 0 saturated carbocycles. The quantitative estimate of drug-likeness (QED) is 0.845. The highest BCUT2D eigenvalue weighted by atomic mass is 79.9. The van der Waals surface area contributed by atoms with Crippen molar-refractivity contribution in [2.24, 2.45) is 0 Å². The zero-order valence-corrected chi connectivity index (χ0v) is 9.64. The molecule has 0 aliphatic carbocycles. The van der Waals surface area contributed by atoms with Crippen LogP contribution in [0.3, 0.4) is 0 Å². The number of halogens is 3. The molecule has 5 heteroatoms. The van der Waals surface area contributed by atoms with Crippen LogP contribution >= 0.6 is 15.9 Å². The topological polar surface area (TPSA) is 29.1 Å². The minimum atomic E-state index is -0.655. The first-order valence-electron chi connectivity index (χ1n) is 4.36. The lowest BCUT2D eigenvalue weighted by Crippen LogP contribution is -2.29. The highest BCUT2D eigenvalue weighted by Gasteiger charge is 2.09. The summed E-state index contributed by atoms with van der Waals surface area (Å²) in [7, 11) is 0. The zero-order chi connectivity index (χ0) is 11.4. The van der Waals surface area contributed by atoms with Crippen molar-refractivity contribution in [2.75, 3.05) is 0 Å². The lowest BCUT2D eigenvalue weighted by atomic mass is 10.2. The van der Waals surface area contributed by atoms with Gasteiger partial charge in [0.25, 0.3) is 0 Å². The number of benzene rings is 1. The summed E-state index contributed by atoms with van der Waals surface area (Å²) in [6.07, 6.45) is 0. The minimum Gasteiger partial charge on any atom is -0.351 e. The fraction of sp³-hybridized carbons (Fsp3) is 0.300. The monoisotopic (exact) mass is 277 g/mol. The predicted molar refractivity (Wildman–Crippen MR) is 56.6 cm³/mol. The smallest absolute Gasteiger partial charge is 0.233 e. The Bertz CT molecular complexity index is 368.